The van der Waals surface area contributed by atoms with Crippen LogP contribution in [0.3, 0.4) is 0 Å². The van der Waals surface area contributed by atoms with Crippen molar-refractivity contribution in [1.29, 1.82) is 0 Å². The maximum Gasteiger partial charge on any atom is 0.0244 e. The second-order valence-corrected chi connectivity index (χ2v) is 6.09. The zero-order valence-electron chi connectivity index (χ0n) is 11.6. The van der Waals surface area contributed by atoms with E-state index in [2.05, 4.69) is 23.9 Å². The van der Waals surface area contributed by atoms with E-state index in [0.717, 1.165) is 6.04 Å². The fourth-order valence-electron chi connectivity index (χ4n) is 3.54. The Morgan fingerprint density at radius 1 is 1.12 bits per heavy atom. The zero-order chi connectivity index (χ0) is 12.3. The molecule has 0 aromatic carbocycles. The minimum atomic E-state index is 0.397. The number of hydrogen-bond donors (Lipinski definition) is 1. The molecule has 2 rings (SSSR count). The van der Waals surface area contributed by atoms with Crippen LogP contribution in [0.4, 0.5) is 0 Å². The number of hydrogen-bond acceptors (Lipinski definition) is 3. The maximum atomic E-state index is 6.33. The van der Waals surface area contributed by atoms with Crippen LogP contribution < -0.4 is 5.73 Å². The molecule has 0 amide bonds. The van der Waals surface area contributed by atoms with Gasteiger partial charge in [0.05, 0.1) is 0 Å². The number of nitrogens with two attached hydrogens (primary N) is 1. The monoisotopic (exact) mass is 239 g/mol. The summed E-state index contributed by atoms with van der Waals surface area (Å²) in [5.41, 5.74) is 6.33. The van der Waals surface area contributed by atoms with Crippen LogP contribution in [0, 0.1) is 0 Å². The molecule has 0 bridgehead atoms. The summed E-state index contributed by atoms with van der Waals surface area (Å²) in [6, 6.07) is 1.77. The Labute approximate surface area is 106 Å². The van der Waals surface area contributed by atoms with Crippen molar-refractivity contribution in [1.82, 2.24) is 9.80 Å². The Kier molecular flexibility index (Phi) is 4.83. The summed E-state index contributed by atoms with van der Waals surface area (Å²) in [5, 5.41) is 0. The van der Waals surface area contributed by atoms with E-state index >= 15 is 0 Å². The molecule has 3 heteroatoms. The van der Waals surface area contributed by atoms with Gasteiger partial charge in [-0.2, -0.15) is 0 Å². The maximum absolute atomic E-state index is 6.33. The summed E-state index contributed by atoms with van der Waals surface area (Å²) in [6.45, 7) is 2.48. The molecule has 17 heavy (non-hydrogen) atoms. The summed E-state index contributed by atoms with van der Waals surface area (Å²) < 4.78 is 0. The number of likely N-dealkylation sites (N-methyl/N-ethyl adjacent to an activating group) is 2. The van der Waals surface area contributed by atoms with Crippen LogP contribution in [0.2, 0.25) is 0 Å². The molecule has 3 atom stereocenters. The van der Waals surface area contributed by atoms with Crippen molar-refractivity contribution in [3.05, 3.63) is 0 Å². The molecule has 1 heterocycles. The molecule has 100 valence electrons. The van der Waals surface area contributed by atoms with Crippen LogP contribution >= 0.6 is 0 Å². The molecule has 2 N–H and O–H groups in total. The van der Waals surface area contributed by atoms with E-state index in [1.54, 1.807) is 0 Å². The largest absolute Gasteiger partial charge is 0.326 e. The highest BCUT2D eigenvalue weighted by atomic mass is 15.2. The lowest BCUT2D eigenvalue weighted by Gasteiger charge is -2.34. The van der Waals surface area contributed by atoms with Gasteiger partial charge >= 0.3 is 0 Å². The standard InChI is InChI=1S/C14H29N3/c1-16-10-6-7-12(16)11-17(2)14-9-5-3-4-8-13(14)15/h12-14H,3-11,15H2,1-2H3. The van der Waals surface area contributed by atoms with E-state index in [-0.39, 0.29) is 0 Å². The number of rotatable bonds is 3. The first-order chi connectivity index (χ1) is 8.18. The Bertz CT molecular complexity index is 232. The number of nitrogens with zero attached hydrogens (tertiary/aromatic N) is 2. The van der Waals surface area contributed by atoms with Gasteiger partial charge in [-0.05, 0) is 46.3 Å². The van der Waals surface area contributed by atoms with Gasteiger partial charge in [-0.15, -0.1) is 0 Å². The fraction of sp³-hybridized carbons (Fsp3) is 1.00. The molecule has 3 nitrogen and oxygen atoms in total. The smallest absolute Gasteiger partial charge is 0.0244 e. The van der Waals surface area contributed by atoms with E-state index in [1.807, 2.05) is 0 Å². The van der Waals surface area contributed by atoms with Gasteiger partial charge < -0.3 is 15.5 Å². The van der Waals surface area contributed by atoms with Crippen molar-refractivity contribution in [2.45, 2.75) is 63.1 Å². The third-order valence-corrected chi connectivity index (χ3v) is 4.77. The van der Waals surface area contributed by atoms with Crippen LogP contribution in [0.25, 0.3) is 0 Å². The normalized spacial score (nSPS) is 36.4. The molecule has 0 radical (unpaired) electrons. The lowest BCUT2D eigenvalue weighted by atomic mass is 10.0. The Morgan fingerprint density at radius 2 is 1.88 bits per heavy atom. The predicted octanol–water partition coefficient (Wildman–Crippen LogP) is 1.67. The average Bonchev–Trinajstić information content (AvgIpc) is 2.57. The van der Waals surface area contributed by atoms with Gasteiger partial charge in [0.15, 0.2) is 0 Å². The van der Waals surface area contributed by atoms with Crippen LogP contribution in [-0.4, -0.2) is 55.1 Å². The van der Waals surface area contributed by atoms with Crippen LogP contribution in [0.15, 0.2) is 0 Å². The highest BCUT2D eigenvalue weighted by molar-refractivity contribution is 4.87. The van der Waals surface area contributed by atoms with Gasteiger partial charge in [0.25, 0.3) is 0 Å². The van der Waals surface area contributed by atoms with Crippen molar-refractivity contribution >= 4 is 0 Å². The molecule has 1 aliphatic heterocycles. The van der Waals surface area contributed by atoms with Crippen LogP contribution in [-0.2, 0) is 0 Å². The van der Waals surface area contributed by atoms with Gasteiger partial charge in [0, 0.05) is 24.7 Å². The minimum Gasteiger partial charge on any atom is -0.326 e. The lowest BCUT2D eigenvalue weighted by molar-refractivity contribution is 0.153. The highest BCUT2D eigenvalue weighted by Gasteiger charge is 2.28. The molecule has 0 aromatic rings. The summed E-state index contributed by atoms with van der Waals surface area (Å²) in [7, 11) is 4.54. The van der Waals surface area contributed by atoms with E-state index in [4.69, 9.17) is 5.73 Å². The molecule has 3 unspecified atom stereocenters. The Balaban J connectivity index is 1.86. The summed E-state index contributed by atoms with van der Waals surface area (Å²) in [6.07, 6.45) is 9.32. The Hall–Kier alpha value is -0.120. The third-order valence-electron chi connectivity index (χ3n) is 4.77. The van der Waals surface area contributed by atoms with Crippen molar-refractivity contribution < 1.29 is 0 Å². The second kappa shape index (κ2) is 6.17. The van der Waals surface area contributed by atoms with Crippen LogP contribution in [0.5, 0.6) is 0 Å². The minimum absolute atomic E-state index is 0.397. The van der Waals surface area contributed by atoms with Gasteiger partial charge in [-0.1, -0.05) is 19.3 Å². The molecular weight excluding hydrogens is 210 g/mol. The van der Waals surface area contributed by atoms with E-state index in [9.17, 15) is 0 Å². The molecule has 0 spiro atoms. The molecule has 2 fully saturated rings. The lowest BCUT2D eigenvalue weighted by Crippen LogP contribution is -2.49. The van der Waals surface area contributed by atoms with Crippen molar-refractivity contribution in [2.24, 2.45) is 5.73 Å². The average molecular weight is 239 g/mol. The van der Waals surface area contributed by atoms with Crippen molar-refractivity contribution in [2.75, 3.05) is 27.2 Å². The van der Waals surface area contributed by atoms with Gasteiger partial charge in [-0.3, -0.25) is 0 Å². The van der Waals surface area contributed by atoms with Crippen LogP contribution in [0.1, 0.15) is 44.9 Å². The summed E-state index contributed by atoms with van der Waals surface area (Å²) in [5.74, 6) is 0. The zero-order valence-corrected chi connectivity index (χ0v) is 11.6. The van der Waals surface area contributed by atoms with Crippen molar-refractivity contribution in [3.63, 3.8) is 0 Å². The first-order valence-electron chi connectivity index (χ1n) is 7.34. The fourth-order valence-corrected chi connectivity index (χ4v) is 3.54. The quantitative estimate of drug-likeness (QED) is 0.761. The SMILES string of the molecule is CN1CCCC1CN(C)C1CCCCCC1N. The summed E-state index contributed by atoms with van der Waals surface area (Å²) >= 11 is 0. The van der Waals surface area contributed by atoms with E-state index in [0.29, 0.717) is 12.1 Å². The van der Waals surface area contributed by atoms with E-state index in [1.165, 1.54) is 58.0 Å². The topological polar surface area (TPSA) is 32.5 Å². The second-order valence-electron chi connectivity index (χ2n) is 6.09. The predicted molar refractivity (Wildman–Crippen MR) is 73.1 cm³/mol. The van der Waals surface area contributed by atoms with Crippen molar-refractivity contribution in [3.8, 4) is 0 Å². The molecule has 1 saturated heterocycles. The molecule has 0 aromatic heterocycles. The first kappa shape index (κ1) is 13.3. The summed E-state index contributed by atoms with van der Waals surface area (Å²) in [4.78, 5) is 5.06. The molecule has 2 aliphatic rings. The van der Waals surface area contributed by atoms with Gasteiger partial charge in [-0.25, -0.2) is 0 Å². The van der Waals surface area contributed by atoms with E-state index < -0.39 is 0 Å². The van der Waals surface area contributed by atoms with Gasteiger partial charge in [0.2, 0.25) is 0 Å². The third kappa shape index (κ3) is 3.43. The highest BCUT2D eigenvalue weighted by Crippen LogP contribution is 2.22. The van der Waals surface area contributed by atoms with Gasteiger partial charge in [0.1, 0.15) is 0 Å². The Morgan fingerprint density at radius 3 is 2.59 bits per heavy atom. The first-order valence-corrected chi connectivity index (χ1v) is 7.34. The molecule has 1 saturated carbocycles. The molecular formula is C14H29N3. The molecule has 1 aliphatic carbocycles. The number of likely N-dealkylation sites (tertiary alicyclic amines) is 1.